The Morgan fingerprint density at radius 2 is 1.84 bits per heavy atom. The molecule has 0 amide bonds. The van der Waals surface area contributed by atoms with Crippen LogP contribution in [0.2, 0.25) is 0 Å². The summed E-state index contributed by atoms with van der Waals surface area (Å²) in [6.07, 6.45) is 1.80. The van der Waals surface area contributed by atoms with Gasteiger partial charge in [0.2, 0.25) is 10.0 Å². The third-order valence-corrected chi connectivity index (χ3v) is 7.06. The average Bonchev–Trinajstić information content (AvgIpc) is 2.59. The summed E-state index contributed by atoms with van der Waals surface area (Å²) in [6, 6.07) is 4.29. The maximum Gasteiger partial charge on any atom is 0.218 e. The van der Waals surface area contributed by atoms with Crippen molar-refractivity contribution in [2.24, 2.45) is 5.92 Å². The summed E-state index contributed by atoms with van der Waals surface area (Å²) in [5.41, 5.74) is 1.36. The summed E-state index contributed by atoms with van der Waals surface area (Å²) < 4.78 is 45.6. The third kappa shape index (κ3) is 5.00. The number of aryl methyl sites for hydroxylation is 1. The lowest BCUT2D eigenvalue weighted by Crippen LogP contribution is -2.44. The van der Waals surface area contributed by atoms with E-state index in [1.165, 1.54) is 12.1 Å². The normalized spacial score (nSPS) is 21.5. The van der Waals surface area contributed by atoms with Gasteiger partial charge in [0.25, 0.3) is 0 Å². The lowest BCUT2D eigenvalue weighted by molar-refractivity contribution is 0.0269. The largest absolute Gasteiger partial charge is 0.379 e. The zero-order valence-corrected chi connectivity index (χ0v) is 15.6. The third-order valence-electron chi connectivity index (χ3n) is 5.23. The molecule has 5 nitrogen and oxygen atoms in total. The Bertz CT molecular complexity index is 682. The maximum atomic E-state index is 13.2. The first kappa shape index (κ1) is 18.8. The van der Waals surface area contributed by atoms with Crippen molar-refractivity contribution >= 4 is 10.0 Å². The van der Waals surface area contributed by atoms with Gasteiger partial charge in [-0.05, 0) is 48.9 Å². The van der Waals surface area contributed by atoms with Gasteiger partial charge in [0, 0.05) is 32.7 Å². The van der Waals surface area contributed by atoms with E-state index >= 15 is 0 Å². The number of sulfonamides is 1. The maximum absolute atomic E-state index is 13.2. The molecular weight excluding hydrogens is 343 g/mol. The van der Waals surface area contributed by atoms with Gasteiger partial charge in [-0.15, -0.1) is 0 Å². The molecule has 0 spiro atoms. The first-order valence-electron chi connectivity index (χ1n) is 8.97. The van der Waals surface area contributed by atoms with Crippen LogP contribution in [0, 0.1) is 18.7 Å². The average molecular weight is 370 g/mol. The summed E-state index contributed by atoms with van der Waals surface area (Å²) in [5, 5.41) is 0. The molecule has 25 heavy (non-hydrogen) atoms. The summed E-state index contributed by atoms with van der Waals surface area (Å²) in [5.74, 6) is 0.174. The monoisotopic (exact) mass is 370 g/mol. The molecule has 0 radical (unpaired) electrons. The molecule has 0 unspecified atom stereocenters. The number of hydrogen-bond donors (Lipinski definition) is 0. The number of piperidine rings is 1. The Morgan fingerprint density at radius 3 is 2.48 bits per heavy atom. The van der Waals surface area contributed by atoms with Gasteiger partial charge in [0.05, 0.1) is 19.0 Å². The summed E-state index contributed by atoms with van der Waals surface area (Å²) >= 11 is 0. The van der Waals surface area contributed by atoms with E-state index in [0.29, 0.717) is 30.1 Å². The van der Waals surface area contributed by atoms with Crippen molar-refractivity contribution in [1.82, 2.24) is 9.21 Å². The van der Waals surface area contributed by atoms with Crippen molar-refractivity contribution in [3.63, 3.8) is 0 Å². The molecule has 3 rings (SSSR count). The molecule has 2 aliphatic heterocycles. The zero-order valence-electron chi connectivity index (χ0n) is 14.8. The molecule has 0 saturated carbocycles. The lowest BCUT2D eigenvalue weighted by atomic mass is 9.97. The summed E-state index contributed by atoms with van der Waals surface area (Å²) in [7, 11) is -3.35. The molecule has 0 aliphatic carbocycles. The topological polar surface area (TPSA) is 49.9 Å². The van der Waals surface area contributed by atoms with Crippen LogP contribution in [0.1, 0.15) is 24.0 Å². The highest BCUT2D eigenvalue weighted by molar-refractivity contribution is 7.88. The van der Waals surface area contributed by atoms with Crippen molar-refractivity contribution in [3.8, 4) is 0 Å². The van der Waals surface area contributed by atoms with Gasteiger partial charge in [-0.1, -0.05) is 6.07 Å². The predicted molar refractivity (Wildman–Crippen MR) is 95.3 cm³/mol. The highest BCUT2D eigenvalue weighted by Gasteiger charge is 2.29. The Morgan fingerprint density at radius 1 is 1.16 bits per heavy atom. The number of morpholine rings is 1. The van der Waals surface area contributed by atoms with E-state index in [9.17, 15) is 12.8 Å². The smallest absolute Gasteiger partial charge is 0.218 e. The van der Waals surface area contributed by atoms with E-state index in [1.54, 1.807) is 17.3 Å². The number of nitrogens with zero attached hydrogens (tertiary/aromatic N) is 2. The van der Waals surface area contributed by atoms with E-state index in [1.807, 2.05) is 0 Å². The van der Waals surface area contributed by atoms with Crippen molar-refractivity contribution in [2.45, 2.75) is 25.5 Å². The quantitative estimate of drug-likeness (QED) is 0.796. The minimum Gasteiger partial charge on any atom is -0.379 e. The van der Waals surface area contributed by atoms with Crippen molar-refractivity contribution in [3.05, 3.63) is 35.1 Å². The van der Waals surface area contributed by atoms with Crippen LogP contribution in [0.25, 0.3) is 0 Å². The van der Waals surface area contributed by atoms with Crippen molar-refractivity contribution < 1.29 is 17.5 Å². The Balaban J connectivity index is 1.54. The van der Waals surface area contributed by atoms with Crippen LogP contribution in [-0.4, -0.2) is 63.6 Å². The molecule has 140 valence electrons. The van der Waals surface area contributed by atoms with Crippen LogP contribution >= 0.6 is 0 Å². The van der Waals surface area contributed by atoms with E-state index in [0.717, 1.165) is 45.7 Å². The van der Waals surface area contributed by atoms with Crippen LogP contribution < -0.4 is 0 Å². The van der Waals surface area contributed by atoms with Crippen LogP contribution in [0.3, 0.4) is 0 Å². The second kappa shape index (κ2) is 8.12. The molecule has 2 fully saturated rings. The highest BCUT2D eigenvalue weighted by atomic mass is 32.2. The van der Waals surface area contributed by atoms with Crippen LogP contribution in [0.15, 0.2) is 18.2 Å². The molecule has 0 atom stereocenters. The van der Waals surface area contributed by atoms with Gasteiger partial charge < -0.3 is 4.74 Å². The van der Waals surface area contributed by atoms with Gasteiger partial charge >= 0.3 is 0 Å². The molecule has 2 aliphatic rings. The van der Waals surface area contributed by atoms with Crippen molar-refractivity contribution in [1.29, 1.82) is 0 Å². The van der Waals surface area contributed by atoms with Gasteiger partial charge in [-0.2, -0.15) is 0 Å². The molecule has 7 heteroatoms. The first-order chi connectivity index (χ1) is 11.9. The number of ether oxygens (including phenoxy) is 1. The molecule has 0 bridgehead atoms. The SMILES string of the molecule is Cc1cc(F)ccc1CS(=O)(=O)N1CCC(CN2CCOCC2)CC1. The summed E-state index contributed by atoms with van der Waals surface area (Å²) in [6.45, 7) is 7.49. The molecule has 0 aromatic heterocycles. The number of halogens is 1. The Kier molecular flexibility index (Phi) is 6.09. The highest BCUT2D eigenvalue weighted by Crippen LogP contribution is 2.23. The number of benzene rings is 1. The Hall–Kier alpha value is -1.02. The standard InChI is InChI=1S/C18H27FN2O3S/c1-15-12-18(19)3-2-17(15)14-25(22,23)21-6-4-16(5-7-21)13-20-8-10-24-11-9-20/h2-3,12,16H,4-11,13-14H2,1H3. The molecule has 0 N–H and O–H groups in total. The molecule has 1 aromatic carbocycles. The summed E-state index contributed by atoms with van der Waals surface area (Å²) in [4.78, 5) is 2.42. The van der Waals surface area contributed by atoms with Crippen LogP contribution in [-0.2, 0) is 20.5 Å². The van der Waals surface area contributed by atoms with Gasteiger partial charge in [-0.25, -0.2) is 17.1 Å². The number of rotatable bonds is 5. The van der Waals surface area contributed by atoms with E-state index in [-0.39, 0.29) is 11.6 Å². The minimum atomic E-state index is -3.35. The molecule has 2 heterocycles. The van der Waals surface area contributed by atoms with Gasteiger partial charge in [0.1, 0.15) is 5.82 Å². The van der Waals surface area contributed by atoms with Gasteiger partial charge in [0.15, 0.2) is 0 Å². The predicted octanol–water partition coefficient (Wildman–Crippen LogP) is 2.01. The van der Waals surface area contributed by atoms with E-state index in [4.69, 9.17) is 4.74 Å². The fourth-order valence-electron chi connectivity index (χ4n) is 3.63. The molecular formula is C18H27FN2O3S. The first-order valence-corrected chi connectivity index (χ1v) is 10.6. The van der Waals surface area contributed by atoms with Crippen molar-refractivity contribution in [2.75, 3.05) is 45.9 Å². The fraction of sp³-hybridized carbons (Fsp3) is 0.667. The zero-order chi connectivity index (χ0) is 17.9. The second-order valence-electron chi connectivity index (χ2n) is 7.08. The van der Waals surface area contributed by atoms with Crippen LogP contribution in [0.5, 0.6) is 0 Å². The minimum absolute atomic E-state index is 0.0484. The lowest BCUT2D eigenvalue weighted by Gasteiger charge is -2.35. The molecule has 1 aromatic rings. The van der Waals surface area contributed by atoms with Crippen LogP contribution in [0.4, 0.5) is 4.39 Å². The second-order valence-corrected chi connectivity index (χ2v) is 9.05. The van der Waals surface area contributed by atoms with Gasteiger partial charge in [-0.3, -0.25) is 4.90 Å². The fourth-order valence-corrected chi connectivity index (χ4v) is 5.29. The molecule has 2 saturated heterocycles. The Labute approximate surface area is 149 Å². The number of hydrogen-bond acceptors (Lipinski definition) is 4. The van der Waals surface area contributed by atoms with E-state index in [2.05, 4.69) is 4.90 Å². The van der Waals surface area contributed by atoms with E-state index < -0.39 is 10.0 Å².